The van der Waals surface area contributed by atoms with Gasteiger partial charge >= 0.3 is 0 Å². The highest BCUT2D eigenvalue weighted by Crippen LogP contribution is 2.07. The quantitative estimate of drug-likeness (QED) is 0.523. The molecule has 0 fully saturated rings. The Hall–Kier alpha value is -1.73. The molecule has 0 heterocycles. The first-order chi connectivity index (χ1) is 8.88. The van der Waals surface area contributed by atoms with Gasteiger partial charge in [-0.25, -0.2) is 0 Å². The van der Waals surface area contributed by atoms with E-state index < -0.39 is 0 Å². The summed E-state index contributed by atoms with van der Waals surface area (Å²) >= 11 is 0. The summed E-state index contributed by atoms with van der Waals surface area (Å²) in [6.45, 7) is 2.23. The van der Waals surface area contributed by atoms with Gasteiger partial charge in [-0.05, 0) is 18.6 Å². The van der Waals surface area contributed by atoms with Crippen molar-refractivity contribution in [3.8, 4) is 17.9 Å². The molecule has 0 bridgehead atoms. The Morgan fingerprint density at radius 1 is 0.944 bits per heavy atom. The van der Waals surface area contributed by atoms with E-state index >= 15 is 0 Å². The van der Waals surface area contributed by atoms with E-state index in [1.165, 1.54) is 38.5 Å². The predicted octanol–water partition coefficient (Wildman–Crippen LogP) is 4.66. The lowest BCUT2D eigenvalue weighted by molar-refractivity contribution is 0.614. The van der Waals surface area contributed by atoms with Crippen molar-refractivity contribution in [2.24, 2.45) is 0 Å². The molecule has 0 saturated heterocycles. The number of rotatable bonds is 6. The minimum absolute atomic E-state index is 0.674. The van der Waals surface area contributed by atoms with Gasteiger partial charge in [-0.2, -0.15) is 5.26 Å². The Morgan fingerprint density at radius 3 is 2.33 bits per heavy atom. The highest BCUT2D eigenvalue weighted by atomic mass is 14.2. The zero-order valence-corrected chi connectivity index (χ0v) is 11.2. The van der Waals surface area contributed by atoms with Crippen LogP contribution in [0, 0.1) is 23.2 Å². The van der Waals surface area contributed by atoms with E-state index in [0.29, 0.717) is 5.56 Å². The van der Waals surface area contributed by atoms with Crippen LogP contribution in [0.3, 0.4) is 0 Å². The molecule has 0 N–H and O–H groups in total. The number of nitrogens with zero attached hydrogens (tertiary/aromatic N) is 1. The average molecular weight is 239 g/mol. The molecule has 1 rings (SSSR count). The van der Waals surface area contributed by atoms with Gasteiger partial charge in [0.05, 0.1) is 5.56 Å². The van der Waals surface area contributed by atoms with E-state index in [2.05, 4.69) is 24.8 Å². The molecule has 0 aromatic heterocycles. The van der Waals surface area contributed by atoms with Crippen molar-refractivity contribution < 1.29 is 0 Å². The Bertz CT molecular complexity index is 443. The van der Waals surface area contributed by atoms with Crippen LogP contribution in [-0.2, 0) is 0 Å². The molecule has 0 saturated carbocycles. The topological polar surface area (TPSA) is 23.8 Å². The minimum atomic E-state index is 0.674. The summed E-state index contributed by atoms with van der Waals surface area (Å²) in [7, 11) is 0. The predicted molar refractivity (Wildman–Crippen MR) is 76.0 cm³/mol. The average Bonchev–Trinajstić information content (AvgIpc) is 2.42. The summed E-state index contributed by atoms with van der Waals surface area (Å²) in [6, 6.07) is 9.69. The summed E-state index contributed by atoms with van der Waals surface area (Å²) in [5, 5.41) is 8.92. The van der Waals surface area contributed by atoms with Gasteiger partial charge in [0.15, 0.2) is 0 Å². The number of benzene rings is 1. The van der Waals surface area contributed by atoms with Gasteiger partial charge in [0.2, 0.25) is 0 Å². The van der Waals surface area contributed by atoms with Crippen LogP contribution in [0.4, 0.5) is 0 Å². The molecule has 0 aliphatic rings. The van der Waals surface area contributed by atoms with Crippen LogP contribution in [0.15, 0.2) is 24.3 Å². The van der Waals surface area contributed by atoms with Crippen LogP contribution in [-0.4, -0.2) is 0 Å². The van der Waals surface area contributed by atoms with Crippen molar-refractivity contribution in [1.29, 1.82) is 5.26 Å². The van der Waals surface area contributed by atoms with Crippen LogP contribution < -0.4 is 0 Å². The van der Waals surface area contributed by atoms with E-state index in [-0.39, 0.29) is 0 Å². The largest absolute Gasteiger partial charge is 0.192 e. The molecule has 0 atom stereocenters. The fourth-order valence-corrected chi connectivity index (χ4v) is 1.84. The second-order valence-electron chi connectivity index (χ2n) is 4.48. The summed E-state index contributed by atoms with van der Waals surface area (Å²) in [4.78, 5) is 0. The van der Waals surface area contributed by atoms with Crippen LogP contribution in [0.2, 0.25) is 0 Å². The number of unbranched alkanes of at least 4 members (excludes halogenated alkanes) is 6. The second-order valence-corrected chi connectivity index (χ2v) is 4.48. The molecule has 0 amide bonds. The SMILES string of the molecule is CCCCCCCCC#Cc1ccccc1C#N. The maximum Gasteiger partial charge on any atom is 0.100 e. The van der Waals surface area contributed by atoms with E-state index in [0.717, 1.165) is 12.0 Å². The van der Waals surface area contributed by atoms with Crippen molar-refractivity contribution in [2.75, 3.05) is 0 Å². The molecular formula is C17H21N. The van der Waals surface area contributed by atoms with Gasteiger partial charge in [0, 0.05) is 12.0 Å². The van der Waals surface area contributed by atoms with Crippen LogP contribution in [0.25, 0.3) is 0 Å². The number of nitriles is 1. The first kappa shape index (κ1) is 14.3. The third kappa shape index (κ3) is 5.55. The molecule has 94 valence electrons. The summed E-state index contributed by atoms with van der Waals surface area (Å²) in [6.07, 6.45) is 8.70. The van der Waals surface area contributed by atoms with Gasteiger partial charge in [-0.1, -0.05) is 63.0 Å². The lowest BCUT2D eigenvalue weighted by Crippen LogP contribution is -1.82. The zero-order chi connectivity index (χ0) is 13.1. The molecule has 18 heavy (non-hydrogen) atoms. The van der Waals surface area contributed by atoms with Gasteiger partial charge in [0.25, 0.3) is 0 Å². The molecule has 1 aromatic rings. The Kier molecular flexibility index (Phi) is 7.42. The first-order valence-electron chi connectivity index (χ1n) is 6.86. The fourth-order valence-electron chi connectivity index (χ4n) is 1.84. The standard InChI is InChI=1S/C17H21N/c1-2-3-4-5-6-7-8-9-12-16-13-10-11-14-17(16)15-18/h10-11,13-14H,2-8H2,1H3. The molecule has 0 radical (unpaired) electrons. The zero-order valence-electron chi connectivity index (χ0n) is 11.2. The lowest BCUT2D eigenvalue weighted by Gasteiger charge is -1.96. The Morgan fingerprint density at radius 2 is 1.61 bits per heavy atom. The van der Waals surface area contributed by atoms with E-state index in [1.807, 2.05) is 24.3 Å². The van der Waals surface area contributed by atoms with E-state index in [1.54, 1.807) is 0 Å². The van der Waals surface area contributed by atoms with Crippen molar-refractivity contribution in [3.63, 3.8) is 0 Å². The van der Waals surface area contributed by atoms with E-state index in [9.17, 15) is 0 Å². The second kappa shape index (κ2) is 9.32. The molecule has 0 spiro atoms. The highest BCUT2D eigenvalue weighted by molar-refractivity contribution is 5.47. The van der Waals surface area contributed by atoms with Crippen molar-refractivity contribution in [3.05, 3.63) is 35.4 Å². The maximum atomic E-state index is 8.92. The Labute approximate surface area is 111 Å². The molecule has 0 aliphatic heterocycles. The fraction of sp³-hybridized carbons (Fsp3) is 0.471. The molecule has 1 aromatic carbocycles. The third-order valence-corrected chi connectivity index (χ3v) is 2.93. The van der Waals surface area contributed by atoms with Crippen LogP contribution in [0.5, 0.6) is 0 Å². The van der Waals surface area contributed by atoms with Gasteiger partial charge in [-0.15, -0.1) is 0 Å². The maximum absolute atomic E-state index is 8.92. The Balaban J connectivity index is 2.27. The van der Waals surface area contributed by atoms with Crippen LogP contribution >= 0.6 is 0 Å². The van der Waals surface area contributed by atoms with Gasteiger partial charge in [-0.3, -0.25) is 0 Å². The molecule has 0 aliphatic carbocycles. The highest BCUT2D eigenvalue weighted by Gasteiger charge is 1.95. The third-order valence-electron chi connectivity index (χ3n) is 2.93. The minimum Gasteiger partial charge on any atom is -0.192 e. The van der Waals surface area contributed by atoms with Gasteiger partial charge < -0.3 is 0 Å². The smallest absolute Gasteiger partial charge is 0.100 e. The normalized spacial score (nSPS) is 9.33. The number of hydrogen-bond donors (Lipinski definition) is 0. The molecule has 1 nitrogen and oxygen atoms in total. The summed E-state index contributed by atoms with van der Waals surface area (Å²) in [5.41, 5.74) is 1.53. The monoisotopic (exact) mass is 239 g/mol. The first-order valence-corrected chi connectivity index (χ1v) is 6.86. The summed E-state index contributed by atoms with van der Waals surface area (Å²) in [5.74, 6) is 6.26. The molecule has 0 unspecified atom stereocenters. The molecule has 1 heteroatoms. The summed E-state index contributed by atoms with van der Waals surface area (Å²) < 4.78 is 0. The van der Waals surface area contributed by atoms with E-state index in [4.69, 9.17) is 5.26 Å². The number of hydrogen-bond acceptors (Lipinski definition) is 1. The lowest BCUT2D eigenvalue weighted by atomic mass is 10.1. The van der Waals surface area contributed by atoms with Gasteiger partial charge in [0.1, 0.15) is 6.07 Å². The van der Waals surface area contributed by atoms with Crippen molar-refractivity contribution in [2.45, 2.75) is 51.9 Å². The van der Waals surface area contributed by atoms with Crippen LogP contribution in [0.1, 0.15) is 63.0 Å². The molecular weight excluding hydrogens is 218 g/mol. The van der Waals surface area contributed by atoms with Crippen molar-refractivity contribution >= 4 is 0 Å². The van der Waals surface area contributed by atoms with Crippen molar-refractivity contribution in [1.82, 2.24) is 0 Å².